The number of carbonyl (C=O) groups excluding carboxylic acids is 1. The van der Waals surface area contributed by atoms with Crippen molar-refractivity contribution < 1.29 is 22.7 Å². The Labute approximate surface area is 214 Å². The summed E-state index contributed by atoms with van der Waals surface area (Å²) in [6.45, 7) is 1.31. The Morgan fingerprint density at radius 3 is 2.41 bits per heavy atom. The van der Waals surface area contributed by atoms with E-state index in [4.69, 9.17) is 10.1 Å². The fraction of sp³-hybridized carbons (Fsp3) is 0.444. The molecule has 37 heavy (non-hydrogen) atoms. The number of ether oxygens (including phenoxy) is 1. The van der Waals surface area contributed by atoms with Crippen LogP contribution in [-0.4, -0.2) is 66.2 Å². The van der Waals surface area contributed by atoms with E-state index in [9.17, 15) is 18.0 Å². The van der Waals surface area contributed by atoms with Gasteiger partial charge in [0.05, 0.1) is 35.1 Å². The predicted octanol–water partition coefficient (Wildman–Crippen LogP) is 4.84. The van der Waals surface area contributed by atoms with E-state index in [0.717, 1.165) is 18.7 Å². The quantitative estimate of drug-likeness (QED) is 0.443. The van der Waals surface area contributed by atoms with E-state index in [2.05, 4.69) is 15.2 Å². The summed E-state index contributed by atoms with van der Waals surface area (Å²) in [5, 5.41) is 10.3. The highest BCUT2D eigenvalue weighted by Gasteiger charge is 2.38. The molecule has 4 rings (SSSR count). The third-order valence-corrected chi connectivity index (χ3v) is 6.97. The van der Waals surface area contributed by atoms with Crippen molar-refractivity contribution in [1.82, 2.24) is 14.8 Å². The molecule has 2 N–H and O–H groups in total. The molecule has 1 aromatic carbocycles. The highest BCUT2D eigenvalue weighted by atomic mass is 19.4. The van der Waals surface area contributed by atoms with Crippen molar-refractivity contribution in [3.8, 4) is 5.88 Å². The fourth-order valence-electron chi connectivity index (χ4n) is 5.21. The summed E-state index contributed by atoms with van der Waals surface area (Å²) in [6.07, 6.45) is 4.80. The van der Waals surface area contributed by atoms with Crippen LogP contribution in [0.25, 0.3) is 5.70 Å². The van der Waals surface area contributed by atoms with Gasteiger partial charge in [-0.3, -0.25) is 9.69 Å². The maximum Gasteiger partial charge on any atom is 0.416 e. The molecule has 1 aromatic heterocycles. The molecular weight excluding hydrogens is 483 g/mol. The van der Waals surface area contributed by atoms with Crippen molar-refractivity contribution in [2.24, 2.45) is 0 Å². The van der Waals surface area contributed by atoms with Crippen LogP contribution in [0.4, 0.5) is 18.9 Å². The van der Waals surface area contributed by atoms with Gasteiger partial charge in [0.15, 0.2) is 0 Å². The number of aromatic nitrogens is 1. The lowest BCUT2D eigenvalue weighted by molar-refractivity contribution is -0.137. The highest BCUT2D eigenvalue weighted by Crippen LogP contribution is 2.37. The SMILES string of the molecule is CN(C)/C(=C\C=N)c1cc(NC(=O)Cc2ccc(C(F)(F)F)cc2)cnc1OCCN1C2CCC1CC2. The van der Waals surface area contributed by atoms with E-state index >= 15 is 0 Å². The average molecular weight is 516 g/mol. The van der Waals surface area contributed by atoms with E-state index in [1.807, 2.05) is 19.0 Å². The molecule has 1 amide bonds. The van der Waals surface area contributed by atoms with Crippen molar-refractivity contribution in [2.45, 2.75) is 50.4 Å². The Bertz CT molecular complexity index is 1130. The van der Waals surface area contributed by atoms with Crippen LogP contribution in [0.2, 0.25) is 0 Å². The number of fused-ring (bicyclic) bond motifs is 2. The molecule has 2 aliphatic rings. The van der Waals surface area contributed by atoms with Gasteiger partial charge in [-0.2, -0.15) is 13.2 Å². The lowest BCUT2D eigenvalue weighted by Crippen LogP contribution is -2.32. The van der Waals surface area contributed by atoms with Gasteiger partial charge in [0.25, 0.3) is 0 Å². The zero-order valence-electron chi connectivity index (χ0n) is 21.0. The molecule has 0 unspecified atom stereocenters. The smallest absolute Gasteiger partial charge is 0.416 e. The van der Waals surface area contributed by atoms with E-state index in [1.165, 1.54) is 50.2 Å². The molecule has 10 heteroatoms. The summed E-state index contributed by atoms with van der Waals surface area (Å²) >= 11 is 0. The number of alkyl halides is 3. The highest BCUT2D eigenvalue weighted by molar-refractivity contribution is 5.93. The van der Waals surface area contributed by atoms with Crippen molar-refractivity contribution in [2.75, 3.05) is 32.6 Å². The van der Waals surface area contributed by atoms with Gasteiger partial charge in [-0.15, -0.1) is 0 Å². The Morgan fingerprint density at radius 1 is 1.19 bits per heavy atom. The minimum Gasteiger partial charge on any atom is -0.476 e. The van der Waals surface area contributed by atoms with Gasteiger partial charge >= 0.3 is 6.18 Å². The summed E-state index contributed by atoms with van der Waals surface area (Å²) in [6, 6.07) is 7.57. The molecular formula is C27H32F3N5O2. The third-order valence-electron chi connectivity index (χ3n) is 6.97. The van der Waals surface area contributed by atoms with Gasteiger partial charge in [-0.05, 0) is 55.5 Å². The summed E-state index contributed by atoms with van der Waals surface area (Å²) in [7, 11) is 3.69. The molecule has 3 heterocycles. The second-order valence-corrected chi connectivity index (χ2v) is 9.66. The predicted molar refractivity (Wildman–Crippen MR) is 137 cm³/mol. The van der Waals surface area contributed by atoms with Crippen LogP contribution in [0.15, 0.2) is 42.6 Å². The largest absolute Gasteiger partial charge is 0.476 e. The van der Waals surface area contributed by atoms with Crippen molar-refractivity contribution in [1.29, 1.82) is 5.41 Å². The molecule has 2 fully saturated rings. The van der Waals surface area contributed by atoms with Crippen molar-refractivity contribution >= 4 is 23.5 Å². The molecule has 2 bridgehead atoms. The molecule has 2 aromatic rings. The number of allylic oxidation sites excluding steroid dienone is 1. The number of amides is 1. The first-order valence-corrected chi connectivity index (χ1v) is 12.4. The third kappa shape index (κ3) is 6.49. The molecule has 198 valence electrons. The van der Waals surface area contributed by atoms with Crippen LogP contribution in [0.1, 0.15) is 42.4 Å². The van der Waals surface area contributed by atoms with Crippen molar-refractivity contribution in [3.05, 3.63) is 59.3 Å². The van der Waals surface area contributed by atoms with E-state index < -0.39 is 11.7 Å². The summed E-state index contributed by atoms with van der Waals surface area (Å²) < 4.78 is 44.5. The topological polar surface area (TPSA) is 81.6 Å². The summed E-state index contributed by atoms with van der Waals surface area (Å²) in [4.78, 5) is 21.4. The van der Waals surface area contributed by atoms with Gasteiger partial charge in [-0.1, -0.05) is 12.1 Å². The van der Waals surface area contributed by atoms with E-state index in [1.54, 1.807) is 12.1 Å². The first-order valence-electron chi connectivity index (χ1n) is 12.4. The van der Waals surface area contributed by atoms with Crippen molar-refractivity contribution in [3.63, 3.8) is 0 Å². The summed E-state index contributed by atoms with van der Waals surface area (Å²) in [5.74, 6) is 0.0298. The number of benzene rings is 1. The molecule has 0 atom stereocenters. The zero-order valence-corrected chi connectivity index (χ0v) is 21.0. The van der Waals surface area contributed by atoms with Gasteiger partial charge in [0.2, 0.25) is 11.8 Å². The Kier molecular flexibility index (Phi) is 8.16. The number of nitrogens with one attached hydrogen (secondary N) is 2. The minimum absolute atomic E-state index is 0.0826. The Morgan fingerprint density at radius 2 is 1.84 bits per heavy atom. The monoisotopic (exact) mass is 515 g/mol. The number of halogens is 3. The van der Waals surface area contributed by atoms with E-state index in [0.29, 0.717) is 47.1 Å². The number of nitrogens with zero attached hydrogens (tertiary/aromatic N) is 3. The Balaban J connectivity index is 1.46. The first-order chi connectivity index (χ1) is 17.7. The molecule has 0 aliphatic carbocycles. The van der Waals surface area contributed by atoms with Crippen LogP contribution < -0.4 is 10.1 Å². The number of hydrogen-bond donors (Lipinski definition) is 2. The number of pyridine rings is 1. The summed E-state index contributed by atoms with van der Waals surface area (Å²) in [5.41, 5.74) is 1.46. The molecule has 0 spiro atoms. The first kappa shape index (κ1) is 26.7. The zero-order chi connectivity index (χ0) is 26.6. The molecule has 0 saturated carbocycles. The van der Waals surface area contributed by atoms with Gasteiger partial charge < -0.3 is 20.4 Å². The van der Waals surface area contributed by atoms with Crippen LogP contribution >= 0.6 is 0 Å². The maximum absolute atomic E-state index is 12.8. The minimum atomic E-state index is -4.42. The van der Waals surface area contributed by atoms with Gasteiger partial charge in [-0.25, -0.2) is 4.98 Å². The lowest BCUT2D eigenvalue weighted by atomic mass is 10.0. The average Bonchev–Trinajstić information content (AvgIpc) is 3.42. The lowest BCUT2D eigenvalue weighted by Gasteiger charge is -2.23. The molecule has 7 nitrogen and oxygen atoms in total. The molecule has 0 radical (unpaired) electrons. The van der Waals surface area contributed by atoms with Crippen LogP contribution in [-0.2, 0) is 17.4 Å². The molecule has 2 aliphatic heterocycles. The number of hydrogen-bond acceptors (Lipinski definition) is 6. The second-order valence-electron chi connectivity index (χ2n) is 9.66. The fourth-order valence-corrected chi connectivity index (χ4v) is 5.21. The normalized spacial score (nSPS) is 19.6. The Hall–Kier alpha value is -3.40. The van der Waals surface area contributed by atoms with Gasteiger partial charge in [0.1, 0.15) is 6.61 Å². The maximum atomic E-state index is 12.8. The number of anilines is 1. The number of carbonyl (C=O) groups is 1. The molecule has 2 saturated heterocycles. The van der Waals surface area contributed by atoms with Crippen LogP contribution in [0, 0.1) is 5.41 Å². The second kappa shape index (κ2) is 11.3. The van der Waals surface area contributed by atoms with Gasteiger partial charge in [0, 0.05) is 38.9 Å². The van der Waals surface area contributed by atoms with E-state index in [-0.39, 0.29) is 12.3 Å². The van der Waals surface area contributed by atoms with Crippen LogP contribution in [0.3, 0.4) is 0 Å². The number of rotatable bonds is 10. The standard InChI is InChI=1S/C27H32F3N5O2/c1-34(2)24(11-12-31)23-16-20(33-25(36)15-18-3-5-19(6-4-18)27(28,29)30)17-32-26(23)37-14-13-35-21-7-8-22(35)10-9-21/h3-6,11-12,16-17,21-22,31H,7-10,13-15H2,1-2H3,(H,33,36)/b24-11-,31-12?. The van der Waals surface area contributed by atoms with Crippen LogP contribution in [0.5, 0.6) is 5.88 Å².